The van der Waals surface area contributed by atoms with Crippen molar-refractivity contribution >= 4 is 57.6 Å². The summed E-state index contributed by atoms with van der Waals surface area (Å²) in [5, 5.41) is 19.7. The van der Waals surface area contributed by atoms with E-state index in [1.54, 1.807) is 18.2 Å². The van der Waals surface area contributed by atoms with E-state index in [1.807, 2.05) is 0 Å². The number of nitro benzene ring substituents is 1. The predicted molar refractivity (Wildman–Crippen MR) is 105 cm³/mol. The number of nitrogens with two attached hydrogens (primary N) is 1. The van der Waals surface area contributed by atoms with Crippen LogP contribution in [0.15, 0.2) is 35.2 Å². The number of nitrogen functional groups attached to an aromatic ring is 1. The lowest BCUT2D eigenvalue weighted by Crippen LogP contribution is -2.33. The second-order valence-electron chi connectivity index (χ2n) is 5.52. The number of rotatable bonds is 5. The zero-order chi connectivity index (χ0) is 19.7. The number of anilines is 1. The second kappa shape index (κ2) is 7.21. The number of aromatic amines is 1. The maximum Gasteiger partial charge on any atom is 0.323 e. The van der Waals surface area contributed by atoms with Crippen LogP contribution in [0.4, 0.5) is 11.4 Å². The van der Waals surface area contributed by atoms with Crippen molar-refractivity contribution in [1.82, 2.24) is 9.88 Å². The van der Waals surface area contributed by atoms with Gasteiger partial charge in [-0.2, -0.15) is 0 Å². The van der Waals surface area contributed by atoms with Crippen LogP contribution in [0.25, 0.3) is 17.3 Å². The van der Waals surface area contributed by atoms with Gasteiger partial charge in [-0.1, -0.05) is 24.0 Å². The molecule has 138 valence electrons. The fraction of sp³-hybridized carbons (Fsp3) is 0.0625. The molecule has 2 aromatic rings. The first-order valence-electron chi connectivity index (χ1n) is 7.46. The molecule has 1 saturated heterocycles. The van der Waals surface area contributed by atoms with Crippen LogP contribution in [-0.4, -0.2) is 42.7 Å². The average molecular weight is 404 g/mol. The number of non-ortho nitro benzene ring substituents is 1. The number of carboxylic acid groups (broad SMARTS) is 1. The van der Waals surface area contributed by atoms with Crippen molar-refractivity contribution in [1.29, 1.82) is 0 Å². The molecule has 0 aliphatic carbocycles. The number of carbonyl (C=O) groups is 2. The smallest absolute Gasteiger partial charge is 0.323 e. The number of nitro groups is 1. The minimum atomic E-state index is -1.15. The highest BCUT2D eigenvalue weighted by Crippen LogP contribution is 2.33. The summed E-state index contributed by atoms with van der Waals surface area (Å²) < 4.78 is 0.181. The maximum absolute atomic E-state index is 12.3. The lowest BCUT2D eigenvalue weighted by Gasteiger charge is -2.10. The van der Waals surface area contributed by atoms with E-state index in [0.717, 1.165) is 16.7 Å². The van der Waals surface area contributed by atoms with E-state index in [-0.39, 0.29) is 15.7 Å². The second-order valence-corrected chi connectivity index (χ2v) is 7.19. The standard InChI is InChI=1S/C16H12N4O5S2/c17-11-6-9(20(24)25)2-3-10(11)12-4-1-8(18-12)5-13-15(23)19(7-14(21)22)16(26)27-13/h1-6,18H,7,17H2,(H,21,22)/b13-5-. The first-order valence-corrected chi connectivity index (χ1v) is 8.69. The van der Waals surface area contributed by atoms with Crippen molar-refractivity contribution < 1.29 is 19.6 Å². The number of carbonyl (C=O) groups excluding carboxylic acids is 1. The van der Waals surface area contributed by atoms with Gasteiger partial charge in [0.15, 0.2) is 0 Å². The lowest BCUT2D eigenvalue weighted by atomic mass is 10.1. The molecule has 4 N–H and O–H groups in total. The van der Waals surface area contributed by atoms with E-state index in [0.29, 0.717) is 21.9 Å². The lowest BCUT2D eigenvalue weighted by molar-refractivity contribution is -0.384. The summed E-state index contributed by atoms with van der Waals surface area (Å²) in [7, 11) is 0. The molecule has 1 aromatic carbocycles. The number of thiocarbonyl (C=S) groups is 1. The third kappa shape index (κ3) is 3.83. The Hall–Kier alpha value is -3.18. The van der Waals surface area contributed by atoms with Gasteiger partial charge in [0.1, 0.15) is 10.9 Å². The van der Waals surface area contributed by atoms with Crippen molar-refractivity contribution in [3.63, 3.8) is 0 Å². The molecule has 0 saturated carbocycles. The average Bonchev–Trinajstić information content (AvgIpc) is 3.15. The van der Waals surface area contributed by atoms with E-state index < -0.39 is 23.3 Å². The van der Waals surface area contributed by atoms with Crippen LogP contribution in [0.5, 0.6) is 0 Å². The topological polar surface area (TPSA) is 143 Å². The number of thioether (sulfide) groups is 1. The molecule has 0 bridgehead atoms. The highest BCUT2D eigenvalue weighted by Gasteiger charge is 2.33. The molecule has 1 amide bonds. The molecule has 0 atom stereocenters. The fourth-order valence-electron chi connectivity index (χ4n) is 2.48. The first-order chi connectivity index (χ1) is 12.8. The molecule has 11 heteroatoms. The third-order valence-corrected chi connectivity index (χ3v) is 5.08. The van der Waals surface area contributed by atoms with Gasteiger partial charge in [0, 0.05) is 34.8 Å². The third-order valence-electron chi connectivity index (χ3n) is 3.70. The number of hydrogen-bond acceptors (Lipinski definition) is 7. The summed E-state index contributed by atoms with van der Waals surface area (Å²) in [5.74, 6) is -1.62. The molecule has 1 aliphatic rings. The van der Waals surface area contributed by atoms with E-state index in [1.165, 1.54) is 18.2 Å². The number of aliphatic carboxylic acids is 1. The Balaban J connectivity index is 1.86. The summed E-state index contributed by atoms with van der Waals surface area (Å²) in [6.07, 6.45) is 1.56. The summed E-state index contributed by atoms with van der Waals surface area (Å²) in [6, 6.07) is 7.59. The number of nitrogens with zero attached hydrogens (tertiary/aromatic N) is 2. The molecular weight excluding hydrogens is 392 g/mol. The summed E-state index contributed by atoms with van der Waals surface area (Å²) in [6.45, 7) is -0.489. The van der Waals surface area contributed by atoms with Gasteiger partial charge in [-0.3, -0.25) is 24.6 Å². The normalized spacial score (nSPS) is 15.6. The van der Waals surface area contributed by atoms with Gasteiger partial charge in [0.2, 0.25) is 0 Å². The van der Waals surface area contributed by atoms with Crippen molar-refractivity contribution in [3.05, 3.63) is 51.0 Å². The number of aromatic nitrogens is 1. The molecule has 3 rings (SSSR count). The Kier molecular flexibility index (Phi) is 4.97. The largest absolute Gasteiger partial charge is 0.480 e. The Bertz CT molecular complexity index is 1010. The van der Waals surface area contributed by atoms with E-state index in [2.05, 4.69) is 4.98 Å². The van der Waals surface area contributed by atoms with Crippen LogP contribution >= 0.6 is 24.0 Å². The van der Waals surface area contributed by atoms with Crippen LogP contribution in [0.2, 0.25) is 0 Å². The summed E-state index contributed by atoms with van der Waals surface area (Å²) in [4.78, 5) is 37.8. The van der Waals surface area contributed by atoms with Gasteiger partial charge in [-0.05, 0) is 24.3 Å². The molecule has 0 radical (unpaired) electrons. The van der Waals surface area contributed by atoms with Crippen LogP contribution in [0, 0.1) is 10.1 Å². The number of H-pyrrole nitrogens is 1. The molecule has 1 aliphatic heterocycles. The predicted octanol–water partition coefficient (Wildman–Crippen LogP) is 2.46. The number of amides is 1. The fourth-order valence-corrected chi connectivity index (χ4v) is 3.72. The Morgan fingerprint density at radius 3 is 2.78 bits per heavy atom. The SMILES string of the molecule is Nc1cc([N+](=O)[O-])ccc1-c1ccc(/C=C2\SC(=S)N(CC(=O)O)C2=O)[nH]1. The van der Waals surface area contributed by atoms with Gasteiger partial charge < -0.3 is 15.8 Å². The van der Waals surface area contributed by atoms with Gasteiger partial charge >= 0.3 is 5.97 Å². The van der Waals surface area contributed by atoms with Crippen LogP contribution in [-0.2, 0) is 9.59 Å². The highest BCUT2D eigenvalue weighted by molar-refractivity contribution is 8.26. The molecular formula is C16H12N4O5S2. The zero-order valence-corrected chi connectivity index (χ0v) is 15.2. The monoisotopic (exact) mass is 404 g/mol. The number of nitrogens with one attached hydrogen (secondary N) is 1. The molecule has 9 nitrogen and oxygen atoms in total. The molecule has 0 unspecified atom stereocenters. The van der Waals surface area contributed by atoms with Gasteiger partial charge in [-0.15, -0.1) is 0 Å². The van der Waals surface area contributed by atoms with Crippen molar-refractivity contribution in [3.8, 4) is 11.3 Å². The minimum Gasteiger partial charge on any atom is -0.480 e. The molecule has 0 spiro atoms. The quantitative estimate of drug-likeness (QED) is 0.227. The van der Waals surface area contributed by atoms with Crippen molar-refractivity contribution in [2.75, 3.05) is 12.3 Å². The summed E-state index contributed by atoms with van der Waals surface area (Å²) >= 11 is 6.06. The molecule has 1 fully saturated rings. The van der Waals surface area contributed by atoms with Gasteiger partial charge in [0.25, 0.3) is 11.6 Å². The maximum atomic E-state index is 12.3. The van der Waals surface area contributed by atoms with Crippen LogP contribution in [0.1, 0.15) is 5.69 Å². The van der Waals surface area contributed by atoms with Crippen molar-refractivity contribution in [2.24, 2.45) is 0 Å². The molecule has 2 heterocycles. The van der Waals surface area contributed by atoms with Crippen LogP contribution in [0.3, 0.4) is 0 Å². The van der Waals surface area contributed by atoms with Crippen molar-refractivity contribution in [2.45, 2.75) is 0 Å². The van der Waals surface area contributed by atoms with Gasteiger partial charge in [0.05, 0.1) is 9.83 Å². The van der Waals surface area contributed by atoms with Crippen LogP contribution < -0.4 is 5.73 Å². The van der Waals surface area contributed by atoms with Gasteiger partial charge in [-0.25, -0.2) is 0 Å². The highest BCUT2D eigenvalue weighted by atomic mass is 32.2. The summed E-state index contributed by atoms with van der Waals surface area (Å²) in [5.41, 5.74) is 7.81. The number of carboxylic acids is 1. The Morgan fingerprint density at radius 1 is 1.41 bits per heavy atom. The first kappa shape index (κ1) is 18.6. The Morgan fingerprint density at radius 2 is 2.15 bits per heavy atom. The van der Waals surface area contributed by atoms with E-state index >= 15 is 0 Å². The number of hydrogen-bond donors (Lipinski definition) is 3. The van der Waals surface area contributed by atoms with E-state index in [9.17, 15) is 19.7 Å². The molecule has 27 heavy (non-hydrogen) atoms. The Labute approximate surface area is 162 Å². The minimum absolute atomic E-state index is 0.106. The zero-order valence-electron chi connectivity index (χ0n) is 13.5. The number of benzene rings is 1. The molecule has 1 aromatic heterocycles. The van der Waals surface area contributed by atoms with E-state index in [4.69, 9.17) is 23.1 Å².